The Hall–Kier alpha value is -0.600. The molecular weight excluding hydrogens is 213 g/mol. The second-order valence-electron chi connectivity index (χ2n) is 3.82. The molecule has 0 aliphatic heterocycles. The lowest BCUT2D eigenvalue weighted by Crippen LogP contribution is -2.34. The first-order valence-corrected chi connectivity index (χ1v) is 5.63. The molecule has 0 radical (unpaired) electrons. The smallest absolute Gasteiger partial charge is 0.124 e. The van der Waals surface area contributed by atoms with Gasteiger partial charge >= 0.3 is 0 Å². The minimum atomic E-state index is -0.304. The third kappa shape index (κ3) is 2.32. The van der Waals surface area contributed by atoms with Crippen molar-refractivity contribution >= 4 is 11.6 Å². The highest BCUT2D eigenvalue weighted by molar-refractivity contribution is 6.31. The number of rotatable bonds is 4. The van der Waals surface area contributed by atoms with Crippen LogP contribution in [0.2, 0.25) is 5.02 Å². The molecule has 0 unspecified atom stereocenters. The molecule has 1 rings (SSSR count). The average molecular weight is 230 g/mol. The molecule has 0 fully saturated rings. The van der Waals surface area contributed by atoms with Gasteiger partial charge in [0, 0.05) is 17.0 Å². The van der Waals surface area contributed by atoms with Crippen molar-refractivity contribution < 1.29 is 4.39 Å². The summed E-state index contributed by atoms with van der Waals surface area (Å²) in [6.45, 7) is 4.69. The van der Waals surface area contributed by atoms with Crippen LogP contribution in [0.5, 0.6) is 0 Å². The third-order valence-corrected chi connectivity index (χ3v) is 3.56. The number of hydrogen-bond donors (Lipinski definition) is 1. The van der Waals surface area contributed by atoms with Crippen LogP contribution >= 0.6 is 11.6 Å². The van der Waals surface area contributed by atoms with Crippen LogP contribution < -0.4 is 5.73 Å². The molecule has 0 atom stereocenters. The van der Waals surface area contributed by atoms with E-state index in [-0.39, 0.29) is 11.2 Å². The molecule has 2 N–H and O–H groups in total. The molecule has 0 amide bonds. The normalized spacial score (nSPS) is 11.8. The van der Waals surface area contributed by atoms with Crippen LogP contribution in [0.1, 0.15) is 32.3 Å². The summed E-state index contributed by atoms with van der Waals surface area (Å²) < 4.78 is 12.9. The van der Waals surface area contributed by atoms with E-state index in [2.05, 4.69) is 13.8 Å². The van der Waals surface area contributed by atoms with Gasteiger partial charge < -0.3 is 5.73 Å². The van der Waals surface area contributed by atoms with E-state index in [0.29, 0.717) is 11.6 Å². The Morgan fingerprint density at radius 1 is 1.33 bits per heavy atom. The summed E-state index contributed by atoms with van der Waals surface area (Å²) in [5.74, 6) is -0.304. The van der Waals surface area contributed by atoms with E-state index in [1.807, 2.05) is 0 Å². The van der Waals surface area contributed by atoms with Crippen LogP contribution in [0.4, 0.5) is 4.39 Å². The van der Waals surface area contributed by atoms with Gasteiger partial charge in [0.05, 0.1) is 0 Å². The van der Waals surface area contributed by atoms with Crippen LogP contribution in [0.25, 0.3) is 0 Å². The van der Waals surface area contributed by atoms with E-state index < -0.39 is 0 Å². The van der Waals surface area contributed by atoms with E-state index >= 15 is 0 Å². The second-order valence-corrected chi connectivity index (χ2v) is 4.22. The maximum Gasteiger partial charge on any atom is 0.124 e. The van der Waals surface area contributed by atoms with Crippen molar-refractivity contribution in [2.24, 2.45) is 5.73 Å². The van der Waals surface area contributed by atoms with Gasteiger partial charge in [0.25, 0.3) is 0 Å². The molecule has 0 saturated heterocycles. The predicted octanol–water partition coefficient (Wildman–Crippen LogP) is 3.50. The number of benzene rings is 1. The second kappa shape index (κ2) is 4.95. The van der Waals surface area contributed by atoms with Crippen molar-refractivity contribution in [3.63, 3.8) is 0 Å². The zero-order valence-corrected chi connectivity index (χ0v) is 9.94. The van der Waals surface area contributed by atoms with Crippen molar-refractivity contribution in [2.75, 3.05) is 6.54 Å². The van der Waals surface area contributed by atoms with E-state index in [4.69, 9.17) is 17.3 Å². The topological polar surface area (TPSA) is 26.0 Å². The third-order valence-electron chi connectivity index (χ3n) is 3.25. The van der Waals surface area contributed by atoms with Crippen LogP contribution in [0, 0.1) is 5.82 Å². The maximum atomic E-state index is 12.9. The fraction of sp³-hybridized carbons (Fsp3) is 0.500. The van der Waals surface area contributed by atoms with Gasteiger partial charge in [0.15, 0.2) is 0 Å². The Morgan fingerprint density at radius 3 is 2.33 bits per heavy atom. The van der Waals surface area contributed by atoms with Crippen molar-refractivity contribution in [1.29, 1.82) is 0 Å². The van der Waals surface area contributed by atoms with Gasteiger partial charge in [-0.15, -0.1) is 0 Å². The highest BCUT2D eigenvalue weighted by atomic mass is 35.5. The van der Waals surface area contributed by atoms with Crippen LogP contribution in [-0.2, 0) is 5.41 Å². The monoisotopic (exact) mass is 229 g/mol. The molecule has 0 aliphatic rings. The van der Waals surface area contributed by atoms with Gasteiger partial charge in [-0.05, 0) is 30.5 Å². The maximum absolute atomic E-state index is 12.9. The summed E-state index contributed by atoms with van der Waals surface area (Å²) in [6, 6.07) is 4.54. The fourth-order valence-corrected chi connectivity index (χ4v) is 2.32. The Bertz CT molecular complexity index is 326. The molecule has 0 saturated carbocycles. The van der Waals surface area contributed by atoms with Gasteiger partial charge in [-0.3, -0.25) is 0 Å². The minimum absolute atomic E-state index is 0.120. The van der Waals surface area contributed by atoms with Gasteiger partial charge in [0.2, 0.25) is 0 Å². The van der Waals surface area contributed by atoms with Gasteiger partial charge in [-0.2, -0.15) is 0 Å². The molecule has 0 aliphatic carbocycles. The first kappa shape index (κ1) is 12.5. The first-order chi connectivity index (χ1) is 7.09. The van der Waals surface area contributed by atoms with Gasteiger partial charge in [-0.1, -0.05) is 31.5 Å². The Kier molecular flexibility index (Phi) is 4.12. The summed E-state index contributed by atoms with van der Waals surface area (Å²) in [7, 11) is 0. The van der Waals surface area contributed by atoms with E-state index in [0.717, 1.165) is 18.4 Å². The van der Waals surface area contributed by atoms with Gasteiger partial charge in [-0.25, -0.2) is 4.39 Å². The minimum Gasteiger partial charge on any atom is -0.330 e. The molecule has 0 spiro atoms. The zero-order valence-electron chi connectivity index (χ0n) is 9.19. The SMILES string of the molecule is CCC(CC)(CN)c1ccc(F)cc1Cl. The molecule has 3 heteroatoms. The lowest BCUT2D eigenvalue weighted by molar-refractivity contribution is 0.406. The molecule has 1 aromatic rings. The standard InChI is InChI=1S/C12H17ClFN/c1-3-12(4-2,8-15)10-6-5-9(14)7-11(10)13/h5-7H,3-4,8,15H2,1-2H3. The van der Waals surface area contributed by atoms with E-state index in [1.165, 1.54) is 12.1 Å². The fourth-order valence-electron chi connectivity index (χ4n) is 1.95. The Balaban J connectivity index is 3.22. The molecule has 84 valence electrons. The number of halogens is 2. The molecule has 1 nitrogen and oxygen atoms in total. The van der Waals surface area contributed by atoms with E-state index in [1.54, 1.807) is 6.07 Å². The Morgan fingerprint density at radius 2 is 1.93 bits per heavy atom. The molecule has 15 heavy (non-hydrogen) atoms. The van der Waals surface area contributed by atoms with Crippen molar-refractivity contribution in [3.05, 3.63) is 34.6 Å². The van der Waals surface area contributed by atoms with Gasteiger partial charge in [0.1, 0.15) is 5.82 Å². The molecule has 0 heterocycles. The first-order valence-electron chi connectivity index (χ1n) is 5.25. The van der Waals surface area contributed by atoms with Crippen LogP contribution in [0.3, 0.4) is 0 Å². The van der Waals surface area contributed by atoms with Crippen molar-refractivity contribution in [2.45, 2.75) is 32.1 Å². The lowest BCUT2D eigenvalue weighted by atomic mass is 9.76. The zero-order chi connectivity index (χ0) is 11.5. The van der Waals surface area contributed by atoms with E-state index in [9.17, 15) is 4.39 Å². The quantitative estimate of drug-likeness (QED) is 0.840. The van der Waals surface area contributed by atoms with Crippen molar-refractivity contribution in [1.82, 2.24) is 0 Å². The molecule has 0 aromatic heterocycles. The lowest BCUT2D eigenvalue weighted by Gasteiger charge is -2.31. The highest BCUT2D eigenvalue weighted by Crippen LogP contribution is 2.35. The summed E-state index contributed by atoms with van der Waals surface area (Å²) in [5, 5.41) is 0.476. The van der Waals surface area contributed by atoms with Crippen LogP contribution in [-0.4, -0.2) is 6.54 Å². The number of nitrogens with two attached hydrogens (primary N) is 1. The largest absolute Gasteiger partial charge is 0.330 e. The molecular formula is C12H17ClFN. The predicted molar refractivity (Wildman–Crippen MR) is 62.7 cm³/mol. The number of hydrogen-bond acceptors (Lipinski definition) is 1. The summed E-state index contributed by atoms with van der Waals surface area (Å²) in [6.07, 6.45) is 1.82. The summed E-state index contributed by atoms with van der Waals surface area (Å²) in [5.41, 5.74) is 6.65. The summed E-state index contributed by atoms with van der Waals surface area (Å²) in [4.78, 5) is 0. The summed E-state index contributed by atoms with van der Waals surface area (Å²) >= 11 is 6.05. The van der Waals surface area contributed by atoms with Crippen molar-refractivity contribution in [3.8, 4) is 0 Å². The highest BCUT2D eigenvalue weighted by Gasteiger charge is 2.28. The Labute approximate surface area is 95.4 Å². The molecule has 1 aromatic carbocycles. The van der Waals surface area contributed by atoms with Crippen LogP contribution in [0.15, 0.2) is 18.2 Å². The molecule has 0 bridgehead atoms. The average Bonchev–Trinajstić information content (AvgIpc) is 2.23.